The fraction of sp³-hybridized carbons (Fsp3) is 0.308. The monoisotopic (exact) mass is 297 g/mol. The molecule has 4 N–H and O–H groups in total. The van der Waals surface area contributed by atoms with Crippen LogP contribution in [0.3, 0.4) is 0 Å². The van der Waals surface area contributed by atoms with Crippen LogP contribution in [0.15, 0.2) is 24.3 Å². The first-order chi connectivity index (χ1) is 9.79. The molecule has 0 aliphatic rings. The molecule has 7 nitrogen and oxygen atoms in total. The molecule has 0 fully saturated rings. The number of nitrogens with zero attached hydrogens (tertiary/aromatic N) is 1. The number of carbonyl (C=O) groups is 3. The number of carboxylic acid groups (broad SMARTS) is 1. The molecular weight excluding hydrogens is 281 g/mol. The third-order valence-electron chi connectivity index (χ3n) is 2.66. The van der Waals surface area contributed by atoms with Gasteiger partial charge in [0, 0.05) is 13.6 Å². The zero-order chi connectivity index (χ0) is 16.0. The Morgan fingerprint density at radius 3 is 2.62 bits per heavy atom. The Labute approximate surface area is 120 Å². The third kappa shape index (κ3) is 5.47. The van der Waals surface area contributed by atoms with Gasteiger partial charge in [-0.05, 0) is 17.7 Å². The lowest BCUT2D eigenvalue weighted by atomic mass is 10.2. The number of nitrogens with one attached hydrogen (secondary N) is 1. The van der Waals surface area contributed by atoms with Crippen molar-refractivity contribution in [1.82, 2.24) is 10.2 Å². The molecule has 1 rings (SSSR count). The molecule has 1 aromatic carbocycles. The predicted molar refractivity (Wildman–Crippen MR) is 71.6 cm³/mol. The number of hydrogen-bond donors (Lipinski definition) is 3. The summed E-state index contributed by atoms with van der Waals surface area (Å²) in [6.07, 6.45) is -0.505. The van der Waals surface area contributed by atoms with Crippen molar-refractivity contribution in [2.45, 2.75) is 19.0 Å². The second-order valence-corrected chi connectivity index (χ2v) is 4.50. The molecule has 1 unspecified atom stereocenters. The number of benzene rings is 1. The molecule has 0 saturated heterocycles. The lowest BCUT2D eigenvalue weighted by Gasteiger charge is -2.21. The quantitative estimate of drug-likeness (QED) is 0.700. The van der Waals surface area contributed by atoms with E-state index in [1.165, 1.54) is 30.1 Å². The van der Waals surface area contributed by atoms with Gasteiger partial charge < -0.3 is 21.1 Å². The molecule has 0 aromatic heterocycles. The van der Waals surface area contributed by atoms with Gasteiger partial charge in [0.15, 0.2) is 0 Å². The van der Waals surface area contributed by atoms with Crippen LogP contribution in [0, 0.1) is 5.82 Å². The Balaban J connectivity index is 2.64. The molecule has 0 bridgehead atoms. The molecule has 1 atom stereocenters. The average molecular weight is 297 g/mol. The summed E-state index contributed by atoms with van der Waals surface area (Å²) in [7, 11) is 1.42. The first kappa shape index (κ1) is 16.4. The van der Waals surface area contributed by atoms with E-state index in [0.29, 0.717) is 5.56 Å². The van der Waals surface area contributed by atoms with Gasteiger partial charge in [-0.15, -0.1) is 0 Å². The number of halogens is 1. The molecule has 0 heterocycles. The molecule has 114 valence electrons. The van der Waals surface area contributed by atoms with E-state index in [1.807, 2.05) is 0 Å². The van der Waals surface area contributed by atoms with Crippen LogP contribution in [-0.4, -0.2) is 41.0 Å². The summed E-state index contributed by atoms with van der Waals surface area (Å²) in [5.74, 6) is -2.63. The van der Waals surface area contributed by atoms with Gasteiger partial charge >= 0.3 is 12.0 Å². The molecule has 8 heteroatoms. The maximum atomic E-state index is 13.0. The summed E-state index contributed by atoms with van der Waals surface area (Å²) >= 11 is 0. The highest BCUT2D eigenvalue weighted by atomic mass is 19.1. The van der Waals surface area contributed by atoms with Crippen LogP contribution in [0.2, 0.25) is 0 Å². The standard InChI is InChI=1S/C13H16FN3O4/c1-17(7-8-3-2-4-9(14)5-8)13(21)16-10(12(19)20)6-11(15)18/h2-5,10H,6-7H2,1H3,(H2,15,18)(H,16,21)(H,19,20). The van der Waals surface area contributed by atoms with Crippen molar-refractivity contribution >= 4 is 17.9 Å². The van der Waals surface area contributed by atoms with E-state index in [2.05, 4.69) is 5.32 Å². The summed E-state index contributed by atoms with van der Waals surface area (Å²) < 4.78 is 13.0. The van der Waals surface area contributed by atoms with Crippen LogP contribution in [0.4, 0.5) is 9.18 Å². The van der Waals surface area contributed by atoms with E-state index in [4.69, 9.17) is 10.8 Å². The summed E-state index contributed by atoms with van der Waals surface area (Å²) in [6.45, 7) is 0.0898. The highest BCUT2D eigenvalue weighted by Gasteiger charge is 2.23. The molecule has 21 heavy (non-hydrogen) atoms. The number of amides is 3. The van der Waals surface area contributed by atoms with Crippen molar-refractivity contribution in [3.05, 3.63) is 35.6 Å². The Hall–Kier alpha value is -2.64. The normalized spacial score (nSPS) is 11.5. The summed E-state index contributed by atoms with van der Waals surface area (Å²) in [5.41, 5.74) is 5.46. The Kier molecular flexibility index (Phi) is 5.65. The lowest BCUT2D eigenvalue weighted by molar-refractivity contribution is -0.140. The summed E-state index contributed by atoms with van der Waals surface area (Å²) in [4.78, 5) is 34.7. The first-order valence-corrected chi connectivity index (χ1v) is 6.06. The van der Waals surface area contributed by atoms with Gasteiger partial charge in [0.2, 0.25) is 5.91 Å². The van der Waals surface area contributed by atoms with Gasteiger partial charge in [0.25, 0.3) is 0 Å². The molecule has 1 aromatic rings. The van der Waals surface area contributed by atoms with Crippen molar-refractivity contribution < 1.29 is 23.9 Å². The van der Waals surface area contributed by atoms with Crippen molar-refractivity contribution in [3.63, 3.8) is 0 Å². The highest BCUT2D eigenvalue weighted by molar-refractivity contribution is 5.87. The van der Waals surface area contributed by atoms with Gasteiger partial charge in [-0.2, -0.15) is 0 Å². The van der Waals surface area contributed by atoms with Crippen LogP contribution in [0.1, 0.15) is 12.0 Å². The van der Waals surface area contributed by atoms with Crippen molar-refractivity contribution in [3.8, 4) is 0 Å². The molecular formula is C13H16FN3O4. The maximum Gasteiger partial charge on any atom is 0.326 e. The molecule has 0 radical (unpaired) electrons. The van der Waals surface area contributed by atoms with E-state index < -0.39 is 36.2 Å². The van der Waals surface area contributed by atoms with Crippen LogP contribution in [0.5, 0.6) is 0 Å². The number of urea groups is 1. The number of hydrogen-bond acceptors (Lipinski definition) is 3. The lowest BCUT2D eigenvalue weighted by Crippen LogP contribution is -2.48. The topological polar surface area (TPSA) is 113 Å². The fourth-order valence-electron chi connectivity index (χ4n) is 1.64. The zero-order valence-corrected chi connectivity index (χ0v) is 11.4. The van der Waals surface area contributed by atoms with Crippen LogP contribution >= 0.6 is 0 Å². The Morgan fingerprint density at radius 1 is 1.43 bits per heavy atom. The van der Waals surface area contributed by atoms with E-state index in [9.17, 15) is 18.8 Å². The second kappa shape index (κ2) is 7.22. The van der Waals surface area contributed by atoms with Crippen LogP contribution < -0.4 is 11.1 Å². The Bertz CT molecular complexity index is 550. The van der Waals surface area contributed by atoms with E-state index in [1.54, 1.807) is 6.07 Å². The van der Waals surface area contributed by atoms with E-state index >= 15 is 0 Å². The second-order valence-electron chi connectivity index (χ2n) is 4.50. The molecule has 0 aliphatic heterocycles. The minimum atomic E-state index is -1.40. The van der Waals surface area contributed by atoms with Gasteiger partial charge in [0.05, 0.1) is 6.42 Å². The Morgan fingerprint density at radius 2 is 2.10 bits per heavy atom. The third-order valence-corrected chi connectivity index (χ3v) is 2.66. The van der Waals surface area contributed by atoms with Gasteiger partial charge in [-0.3, -0.25) is 4.79 Å². The number of aliphatic carboxylic acids is 1. The van der Waals surface area contributed by atoms with Crippen LogP contribution in [0.25, 0.3) is 0 Å². The molecule has 0 saturated carbocycles. The number of primary amides is 1. The largest absolute Gasteiger partial charge is 0.480 e. The van der Waals surface area contributed by atoms with Crippen molar-refractivity contribution in [2.75, 3.05) is 7.05 Å². The van der Waals surface area contributed by atoms with Gasteiger partial charge in [-0.25, -0.2) is 14.0 Å². The molecule has 3 amide bonds. The minimum absolute atomic E-state index is 0.0898. The van der Waals surface area contributed by atoms with Crippen molar-refractivity contribution in [2.24, 2.45) is 5.73 Å². The highest BCUT2D eigenvalue weighted by Crippen LogP contribution is 2.06. The fourth-order valence-corrected chi connectivity index (χ4v) is 1.64. The average Bonchev–Trinajstić information content (AvgIpc) is 2.37. The smallest absolute Gasteiger partial charge is 0.326 e. The number of carbonyl (C=O) groups excluding carboxylic acids is 2. The number of carboxylic acids is 1. The molecule has 0 spiro atoms. The minimum Gasteiger partial charge on any atom is -0.480 e. The summed E-state index contributed by atoms with van der Waals surface area (Å²) in [6, 6.07) is 3.57. The maximum absolute atomic E-state index is 13.0. The SMILES string of the molecule is CN(Cc1cccc(F)c1)C(=O)NC(CC(N)=O)C(=O)O. The summed E-state index contributed by atoms with van der Waals surface area (Å²) in [5, 5.41) is 11.1. The first-order valence-electron chi connectivity index (χ1n) is 6.06. The number of nitrogens with two attached hydrogens (primary N) is 1. The van der Waals surface area contributed by atoms with E-state index in [-0.39, 0.29) is 6.54 Å². The number of rotatable bonds is 6. The zero-order valence-electron chi connectivity index (χ0n) is 11.4. The predicted octanol–water partition coefficient (Wildman–Crippen LogP) is 0.296. The van der Waals surface area contributed by atoms with Crippen molar-refractivity contribution in [1.29, 1.82) is 0 Å². The van der Waals surface area contributed by atoms with Gasteiger partial charge in [0.1, 0.15) is 11.9 Å². The van der Waals surface area contributed by atoms with E-state index in [0.717, 1.165) is 0 Å². The molecule has 0 aliphatic carbocycles. The van der Waals surface area contributed by atoms with Gasteiger partial charge in [-0.1, -0.05) is 12.1 Å². The van der Waals surface area contributed by atoms with Crippen LogP contribution in [-0.2, 0) is 16.1 Å².